The Bertz CT molecular complexity index is 452. The van der Waals surface area contributed by atoms with Crippen LogP contribution in [0.2, 0.25) is 0 Å². The molecule has 0 aliphatic carbocycles. The maximum atomic E-state index is 11.1. The number of benzene rings is 1. The van der Waals surface area contributed by atoms with Gasteiger partial charge in [0.2, 0.25) is 0 Å². The van der Waals surface area contributed by atoms with Gasteiger partial charge in [0.05, 0.1) is 0 Å². The lowest BCUT2D eigenvalue weighted by molar-refractivity contribution is 0.112. The molecule has 0 aromatic heterocycles. The van der Waals surface area contributed by atoms with E-state index in [-0.39, 0.29) is 5.41 Å². The van der Waals surface area contributed by atoms with E-state index in [0.717, 1.165) is 30.3 Å². The van der Waals surface area contributed by atoms with Gasteiger partial charge in [0.1, 0.15) is 6.29 Å². The fourth-order valence-electron chi connectivity index (χ4n) is 2.13. The van der Waals surface area contributed by atoms with Gasteiger partial charge in [0.25, 0.3) is 0 Å². The Kier molecular flexibility index (Phi) is 5.08. The lowest BCUT2D eigenvalue weighted by Gasteiger charge is -2.27. The Labute approximate surface area is 110 Å². The summed E-state index contributed by atoms with van der Waals surface area (Å²) in [4.78, 5) is 11.1. The third-order valence-corrected chi connectivity index (χ3v) is 3.37. The fraction of sp³-hybridized carbons (Fsp3) is 0.353. The number of aldehydes is 1. The number of allylic oxidation sites excluding steroid dienone is 3. The average Bonchev–Trinajstić information content (AvgIpc) is 2.38. The van der Waals surface area contributed by atoms with Crippen molar-refractivity contribution in [1.82, 2.24) is 0 Å². The summed E-state index contributed by atoms with van der Waals surface area (Å²) in [5.41, 5.74) is 3.00. The van der Waals surface area contributed by atoms with Gasteiger partial charge in [-0.05, 0) is 32.3 Å². The quantitative estimate of drug-likeness (QED) is 0.522. The second-order valence-electron chi connectivity index (χ2n) is 5.15. The molecule has 1 nitrogen and oxygen atoms in total. The number of rotatable bonds is 6. The molecule has 0 saturated carbocycles. The molecule has 1 aromatic carbocycles. The third-order valence-electron chi connectivity index (χ3n) is 3.37. The van der Waals surface area contributed by atoms with Crippen LogP contribution in [-0.2, 0) is 5.41 Å². The van der Waals surface area contributed by atoms with Crippen molar-refractivity contribution >= 4 is 6.29 Å². The summed E-state index contributed by atoms with van der Waals surface area (Å²) in [6, 6.07) is 7.76. The molecule has 1 rings (SSSR count). The predicted octanol–water partition coefficient (Wildman–Crippen LogP) is 4.69. The van der Waals surface area contributed by atoms with Crippen LogP contribution >= 0.6 is 0 Å². The molecule has 0 N–H and O–H groups in total. The van der Waals surface area contributed by atoms with E-state index in [2.05, 4.69) is 33.4 Å². The molecule has 0 aliphatic heterocycles. The number of hydrogen-bond acceptors (Lipinski definition) is 1. The van der Waals surface area contributed by atoms with Crippen molar-refractivity contribution in [3.05, 3.63) is 59.7 Å². The van der Waals surface area contributed by atoms with Crippen LogP contribution in [0.4, 0.5) is 0 Å². The lowest BCUT2D eigenvalue weighted by atomic mass is 9.76. The molecule has 1 heteroatoms. The maximum absolute atomic E-state index is 11.1. The van der Waals surface area contributed by atoms with Crippen molar-refractivity contribution in [3.8, 4) is 0 Å². The molecule has 0 fully saturated rings. The van der Waals surface area contributed by atoms with Crippen molar-refractivity contribution in [1.29, 1.82) is 0 Å². The molecular weight excluding hydrogens is 220 g/mol. The summed E-state index contributed by atoms with van der Waals surface area (Å²) >= 11 is 0. The zero-order chi connectivity index (χ0) is 13.6. The molecule has 0 saturated heterocycles. The smallest absolute Gasteiger partial charge is 0.150 e. The SMILES string of the molecule is C=CC(C)(CCC=C(C)C)c1ccccc1C=O. The van der Waals surface area contributed by atoms with E-state index in [1.54, 1.807) is 0 Å². The Morgan fingerprint density at radius 2 is 2.00 bits per heavy atom. The zero-order valence-electron chi connectivity index (χ0n) is 11.6. The summed E-state index contributed by atoms with van der Waals surface area (Å²) < 4.78 is 0. The highest BCUT2D eigenvalue weighted by Gasteiger charge is 2.24. The summed E-state index contributed by atoms with van der Waals surface area (Å²) in [6.45, 7) is 10.3. The summed E-state index contributed by atoms with van der Waals surface area (Å²) in [6.07, 6.45) is 7.07. The van der Waals surface area contributed by atoms with Crippen LogP contribution in [0.15, 0.2) is 48.6 Å². The first-order valence-electron chi connectivity index (χ1n) is 6.35. The van der Waals surface area contributed by atoms with Gasteiger partial charge < -0.3 is 0 Å². The van der Waals surface area contributed by atoms with Crippen molar-refractivity contribution in [2.75, 3.05) is 0 Å². The number of carbonyl (C=O) groups is 1. The molecule has 18 heavy (non-hydrogen) atoms. The number of carbonyl (C=O) groups excluding carboxylic acids is 1. The predicted molar refractivity (Wildman–Crippen MR) is 78.0 cm³/mol. The topological polar surface area (TPSA) is 17.1 Å². The summed E-state index contributed by atoms with van der Waals surface area (Å²) in [5, 5.41) is 0. The third kappa shape index (κ3) is 3.43. The van der Waals surface area contributed by atoms with Crippen LogP contribution in [0.3, 0.4) is 0 Å². The number of hydrogen-bond donors (Lipinski definition) is 0. The van der Waals surface area contributed by atoms with Crippen LogP contribution in [0.5, 0.6) is 0 Å². The highest BCUT2D eigenvalue weighted by Crippen LogP contribution is 2.32. The minimum atomic E-state index is -0.149. The van der Waals surface area contributed by atoms with Crippen LogP contribution < -0.4 is 0 Å². The molecule has 0 radical (unpaired) electrons. The Morgan fingerprint density at radius 3 is 2.56 bits per heavy atom. The van der Waals surface area contributed by atoms with Gasteiger partial charge in [0.15, 0.2) is 0 Å². The van der Waals surface area contributed by atoms with Crippen LogP contribution in [0.25, 0.3) is 0 Å². The molecule has 96 valence electrons. The molecule has 0 spiro atoms. The maximum Gasteiger partial charge on any atom is 0.150 e. The molecule has 1 atom stereocenters. The Balaban J connectivity index is 3.03. The van der Waals surface area contributed by atoms with Gasteiger partial charge in [-0.2, -0.15) is 0 Å². The standard InChI is InChI=1S/C17H22O/c1-5-17(4,12-8-9-14(2)3)16-11-7-6-10-15(16)13-18/h5-7,9-11,13H,1,8,12H2,2-4H3. The van der Waals surface area contributed by atoms with E-state index in [4.69, 9.17) is 0 Å². The first-order valence-corrected chi connectivity index (χ1v) is 6.35. The van der Waals surface area contributed by atoms with E-state index in [1.165, 1.54) is 5.57 Å². The minimum absolute atomic E-state index is 0.149. The first-order chi connectivity index (χ1) is 8.53. The van der Waals surface area contributed by atoms with Gasteiger partial charge in [0, 0.05) is 11.0 Å². The van der Waals surface area contributed by atoms with E-state index in [9.17, 15) is 4.79 Å². The summed E-state index contributed by atoms with van der Waals surface area (Å²) in [5.74, 6) is 0. The molecule has 0 aliphatic rings. The molecule has 1 aromatic rings. The summed E-state index contributed by atoms with van der Waals surface area (Å²) in [7, 11) is 0. The van der Waals surface area contributed by atoms with Gasteiger partial charge in [-0.1, -0.05) is 48.9 Å². The van der Waals surface area contributed by atoms with Gasteiger partial charge >= 0.3 is 0 Å². The highest BCUT2D eigenvalue weighted by atomic mass is 16.1. The largest absolute Gasteiger partial charge is 0.298 e. The molecule has 0 bridgehead atoms. The molecule has 1 unspecified atom stereocenters. The first kappa shape index (κ1) is 14.4. The van der Waals surface area contributed by atoms with Gasteiger partial charge in [-0.3, -0.25) is 4.79 Å². The lowest BCUT2D eigenvalue weighted by Crippen LogP contribution is -2.20. The molecule has 0 amide bonds. The monoisotopic (exact) mass is 242 g/mol. The second-order valence-corrected chi connectivity index (χ2v) is 5.15. The van der Waals surface area contributed by atoms with E-state index >= 15 is 0 Å². The van der Waals surface area contributed by atoms with E-state index < -0.39 is 0 Å². The van der Waals surface area contributed by atoms with Crippen molar-refractivity contribution in [3.63, 3.8) is 0 Å². The van der Waals surface area contributed by atoms with Crippen LogP contribution in [0.1, 0.15) is 49.5 Å². The fourth-order valence-corrected chi connectivity index (χ4v) is 2.13. The minimum Gasteiger partial charge on any atom is -0.298 e. The average molecular weight is 242 g/mol. The van der Waals surface area contributed by atoms with Crippen molar-refractivity contribution < 1.29 is 4.79 Å². The van der Waals surface area contributed by atoms with Gasteiger partial charge in [-0.15, -0.1) is 6.58 Å². The van der Waals surface area contributed by atoms with Crippen molar-refractivity contribution in [2.24, 2.45) is 0 Å². The second kappa shape index (κ2) is 6.34. The van der Waals surface area contributed by atoms with Gasteiger partial charge in [-0.25, -0.2) is 0 Å². The molecular formula is C17H22O. The van der Waals surface area contributed by atoms with E-state index in [1.807, 2.05) is 30.3 Å². The zero-order valence-corrected chi connectivity index (χ0v) is 11.6. The van der Waals surface area contributed by atoms with Crippen LogP contribution in [0, 0.1) is 0 Å². The van der Waals surface area contributed by atoms with Crippen LogP contribution in [-0.4, -0.2) is 6.29 Å². The molecule has 0 heterocycles. The highest BCUT2D eigenvalue weighted by molar-refractivity contribution is 5.78. The normalized spacial score (nSPS) is 13.5. The Hall–Kier alpha value is -1.63. The van der Waals surface area contributed by atoms with Crippen molar-refractivity contribution in [2.45, 2.75) is 39.0 Å². The Morgan fingerprint density at radius 1 is 1.33 bits per heavy atom. The van der Waals surface area contributed by atoms with E-state index in [0.29, 0.717) is 0 Å².